The summed E-state index contributed by atoms with van der Waals surface area (Å²) in [6.07, 6.45) is 0.742. The lowest BCUT2D eigenvalue weighted by Gasteiger charge is -2.02. The molecule has 0 saturated carbocycles. The second-order valence-electron chi connectivity index (χ2n) is 3.55. The predicted molar refractivity (Wildman–Crippen MR) is 62.9 cm³/mol. The zero-order chi connectivity index (χ0) is 11.5. The van der Waals surface area contributed by atoms with Crippen molar-refractivity contribution in [3.63, 3.8) is 0 Å². The number of benzene rings is 1. The van der Waals surface area contributed by atoms with Crippen molar-refractivity contribution in [1.82, 2.24) is 9.78 Å². The van der Waals surface area contributed by atoms with Gasteiger partial charge in [0, 0.05) is 0 Å². The van der Waals surface area contributed by atoms with Gasteiger partial charge in [0.1, 0.15) is 5.15 Å². The van der Waals surface area contributed by atoms with Gasteiger partial charge in [-0.3, -0.25) is 4.79 Å². The molecule has 1 aromatic carbocycles. The maximum Gasteiger partial charge on any atom is 0.155 e. The van der Waals surface area contributed by atoms with E-state index in [9.17, 15) is 4.79 Å². The number of aromatic nitrogens is 2. The third-order valence-electron chi connectivity index (χ3n) is 2.40. The maximum absolute atomic E-state index is 10.8. The Balaban J connectivity index is 2.32. The molecular formula is C12H11ClN2O. The van der Waals surface area contributed by atoms with E-state index in [1.807, 2.05) is 30.3 Å². The van der Waals surface area contributed by atoms with Crippen LogP contribution in [0.1, 0.15) is 21.6 Å². The van der Waals surface area contributed by atoms with Crippen molar-refractivity contribution < 1.29 is 4.79 Å². The first kappa shape index (κ1) is 10.9. The van der Waals surface area contributed by atoms with Gasteiger partial charge in [-0.15, -0.1) is 0 Å². The highest BCUT2D eigenvalue weighted by molar-refractivity contribution is 6.32. The SMILES string of the molecule is Cc1nn(Cc2ccccc2)c(Cl)c1C=O. The van der Waals surface area contributed by atoms with E-state index < -0.39 is 0 Å². The molecule has 0 spiro atoms. The average molecular weight is 235 g/mol. The van der Waals surface area contributed by atoms with Gasteiger partial charge in [0.2, 0.25) is 0 Å². The monoisotopic (exact) mass is 234 g/mol. The van der Waals surface area contributed by atoms with E-state index in [1.54, 1.807) is 11.6 Å². The lowest BCUT2D eigenvalue weighted by molar-refractivity contribution is 0.112. The molecular weight excluding hydrogens is 224 g/mol. The molecule has 0 fully saturated rings. The van der Waals surface area contributed by atoms with Crippen LogP contribution < -0.4 is 0 Å². The Morgan fingerprint density at radius 1 is 1.38 bits per heavy atom. The number of halogens is 1. The van der Waals surface area contributed by atoms with Gasteiger partial charge in [-0.05, 0) is 12.5 Å². The van der Waals surface area contributed by atoms with Crippen molar-refractivity contribution >= 4 is 17.9 Å². The van der Waals surface area contributed by atoms with Crippen LogP contribution in [0.5, 0.6) is 0 Å². The summed E-state index contributed by atoms with van der Waals surface area (Å²) in [5.41, 5.74) is 2.23. The van der Waals surface area contributed by atoms with Crippen molar-refractivity contribution in [2.45, 2.75) is 13.5 Å². The van der Waals surface area contributed by atoms with Crippen LogP contribution in [0.2, 0.25) is 5.15 Å². The molecule has 1 heterocycles. The Hall–Kier alpha value is -1.61. The second kappa shape index (κ2) is 4.49. The van der Waals surface area contributed by atoms with E-state index >= 15 is 0 Å². The van der Waals surface area contributed by atoms with Crippen molar-refractivity contribution in [1.29, 1.82) is 0 Å². The fourth-order valence-corrected chi connectivity index (χ4v) is 1.84. The smallest absolute Gasteiger partial charge is 0.155 e. The second-order valence-corrected chi connectivity index (χ2v) is 3.91. The number of aryl methyl sites for hydroxylation is 1. The van der Waals surface area contributed by atoms with Gasteiger partial charge in [0.05, 0.1) is 17.8 Å². The lowest BCUT2D eigenvalue weighted by atomic mass is 10.2. The predicted octanol–water partition coefficient (Wildman–Crippen LogP) is 2.71. The highest BCUT2D eigenvalue weighted by Gasteiger charge is 2.12. The summed E-state index contributed by atoms with van der Waals surface area (Å²) in [6, 6.07) is 9.86. The van der Waals surface area contributed by atoms with Crippen molar-refractivity contribution in [2.24, 2.45) is 0 Å². The first-order chi connectivity index (χ1) is 7.72. The highest BCUT2D eigenvalue weighted by Crippen LogP contribution is 2.18. The molecule has 3 nitrogen and oxygen atoms in total. The van der Waals surface area contributed by atoms with Crippen LogP contribution >= 0.6 is 11.6 Å². The molecule has 2 rings (SSSR count). The first-order valence-electron chi connectivity index (χ1n) is 4.94. The standard InChI is InChI=1S/C12H11ClN2O/c1-9-11(8-16)12(13)15(14-9)7-10-5-3-2-4-6-10/h2-6,8H,7H2,1H3. The molecule has 1 aromatic heterocycles. The largest absolute Gasteiger partial charge is 0.298 e. The number of hydrogen-bond acceptors (Lipinski definition) is 2. The molecule has 0 amide bonds. The van der Waals surface area contributed by atoms with Crippen LogP contribution in [0.4, 0.5) is 0 Å². The minimum Gasteiger partial charge on any atom is -0.298 e. The first-order valence-corrected chi connectivity index (χ1v) is 5.32. The number of carbonyl (C=O) groups is 1. The maximum atomic E-state index is 10.8. The van der Waals surface area contributed by atoms with Gasteiger partial charge < -0.3 is 0 Å². The van der Waals surface area contributed by atoms with E-state index in [2.05, 4.69) is 5.10 Å². The minimum atomic E-state index is 0.399. The molecule has 2 aromatic rings. The van der Waals surface area contributed by atoms with E-state index in [1.165, 1.54) is 0 Å². The van der Waals surface area contributed by atoms with E-state index in [-0.39, 0.29) is 0 Å². The van der Waals surface area contributed by atoms with Gasteiger partial charge in [0.25, 0.3) is 0 Å². The molecule has 0 aliphatic carbocycles. The Bertz CT molecular complexity index is 505. The molecule has 0 unspecified atom stereocenters. The molecule has 0 atom stereocenters. The number of hydrogen-bond donors (Lipinski definition) is 0. The number of nitrogens with zero attached hydrogens (tertiary/aromatic N) is 2. The van der Waals surface area contributed by atoms with Crippen molar-refractivity contribution in [2.75, 3.05) is 0 Å². The molecule has 0 aliphatic rings. The van der Waals surface area contributed by atoms with Crippen LogP contribution in [0.15, 0.2) is 30.3 Å². The van der Waals surface area contributed by atoms with Crippen LogP contribution in [0, 0.1) is 6.92 Å². The zero-order valence-corrected chi connectivity index (χ0v) is 9.61. The van der Waals surface area contributed by atoms with Gasteiger partial charge >= 0.3 is 0 Å². The Morgan fingerprint density at radius 2 is 2.06 bits per heavy atom. The number of rotatable bonds is 3. The summed E-state index contributed by atoms with van der Waals surface area (Å²) in [6.45, 7) is 2.35. The molecule has 0 aliphatic heterocycles. The Kier molecular flexibility index (Phi) is 3.06. The average Bonchev–Trinajstić information content (AvgIpc) is 2.55. The molecule has 16 heavy (non-hydrogen) atoms. The Labute approximate surface area is 98.7 Å². The van der Waals surface area contributed by atoms with Crippen LogP contribution in [0.25, 0.3) is 0 Å². The van der Waals surface area contributed by atoms with Gasteiger partial charge in [-0.25, -0.2) is 4.68 Å². The summed E-state index contributed by atoms with van der Waals surface area (Å²) in [5.74, 6) is 0. The van der Waals surface area contributed by atoms with E-state index in [0.717, 1.165) is 11.8 Å². The molecule has 0 bridgehead atoms. The summed E-state index contributed by atoms with van der Waals surface area (Å²) < 4.78 is 1.63. The molecule has 0 radical (unpaired) electrons. The zero-order valence-electron chi connectivity index (χ0n) is 8.85. The van der Waals surface area contributed by atoms with Gasteiger partial charge in [-0.2, -0.15) is 5.10 Å². The fraction of sp³-hybridized carbons (Fsp3) is 0.167. The lowest BCUT2D eigenvalue weighted by Crippen LogP contribution is -2.01. The normalized spacial score (nSPS) is 10.4. The molecule has 4 heteroatoms. The summed E-state index contributed by atoms with van der Waals surface area (Å²) in [7, 11) is 0. The summed E-state index contributed by atoms with van der Waals surface area (Å²) >= 11 is 6.05. The Morgan fingerprint density at radius 3 is 2.62 bits per heavy atom. The molecule has 0 saturated heterocycles. The molecule has 82 valence electrons. The van der Waals surface area contributed by atoms with Crippen LogP contribution in [0.3, 0.4) is 0 Å². The van der Waals surface area contributed by atoms with Gasteiger partial charge in [0.15, 0.2) is 6.29 Å². The topological polar surface area (TPSA) is 34.9 Å². The molecule has 0 N–H and O–H groups in total. The third kappa shape index (κ3) is 1.99. The van der Waals surface area contributed by atoms with E-state index in [0.29, 0.717) is 23.0 Å². The van der Waals surface area contributed by atoms with Crippen molar-refractivity contribution in [3.05, 3.63) is 52.3 Å². The number of aldehydes is 1. The summed E-state index contributed by atoms with van der Waals surface area (Å²) in [5, 5.41) is 4.63. The minimum absolute atomic E-state index is 0.399. The fourth-order valence-electron chi connectivity index (χ4n) is 1.56. The third-order valence-corrected chi connectivity index (χ3v) is 2.80. The van der Waals surface area contributed by atoms with Gasteiger partial charge in [-0.1, -0.05) is 41.9 Å². The van der Waals surface area contributed by atoms with Crippen LogP contribution in [-0.2, 0) is 6.54 Å². The number of carbonyl (C=O) groups excluding carboxylic acids is 1. The van der Waals surface area contributed by atoms with Crippen molar-refractivity contribution in [3.8, 4) is 0 Å². The van der Waals surface area contributed by atoms with E-state index in [4.69, 9.17) is 11.6 Å². The quantitative estimate of drug-likeness (QED) is 0.766. The summed E-state index contributed by atoms with van der Waals surface area (Å²) in [4.78, 5) is 10.8. The van der Waals surface area contributed by atoms with Crippen LogP contribution in [-0.4, -0.2) is 16.1 Å². The highest BCUT2D eigenvalue weighted by atomic mass is 35.5.